The summed E-state index contributed by atoms with van der Waals surface area (Å²) in [6.07, 6.45) is 5.71. The second-order valence-electron chi connectivity index (χ2n) is 5.14. The second-order valence-corrected chi connectivity index (χ2v) is 5.14. The lowest BCUT2D eigenvalue weighted by molar-refractivity contribution is -0.137. The molecule has 0 aromatic heterocycles. The number of aliphatic hydroxyl groups excluding tert-OH is 2. The van der Waals surface area contributed by atoms with Gasteiger partial charge in [0.15, 0.2) is 0 Å². The summed E-state index contributed by atoms with van der Waals surface area (Å²) in [6, 6.07) is 6.99. The van der Waals surface area contributed by atoms with E-state index in [1.807, 2.05) is 6.08 Å². The first-order valence-corrected chi connectivity index (χ1v) is 8.16. The van der Waals surface area contributed by atoms with Gasteiger partial charge in [0, 0.05) is 13.2 Å². The van der Waals surface area contributed by atoms with E-state index < -0.39 is 12.2 Å². The van der Waals surface area contributed by atoms with Gasteiger partial charge in [0.1, 0.15) is 18.5 Å². The van der Waals surface area contributed by atoms with E-state index in [0.717, 1.165) is 0 Å². The number of carbonyl (C=O) groups excluding carboxylic acids is 1. The molecule has 6 heteroatoms. The highest BCUT2D eigenvalue weighted by Crippen LogP contribution is 2.23. The van der Waals surface area contributed by atoms with E-state index in [-0.39, 0.29) is 19.2 Å². The summed E-state index contributed by atoms with van der Waals surface area (Å²) in [5.74, 6) is 0.238. The van der Waals surface area contributed by atoms with E-state index in [1.165, 1.54) is 13.2 Å². The van der Waals surface area contributed by atoms with Crippen molar-refractivity contribution in [2.45, 2.75) is 25.6 Å². The van der Waals surface area contributed by atoms with E-state index >= 15 is 0 Å². The third kappa shape index (κ3) is 7.98. The highest BCUT2D eigenvalue weighted by molar-refractivity contribution is 5.82. The molecule has 0 unspecified atom stereocenters. The van der Waals surface area contributed by atoms with Gasteiger partial charge in [-0.15, -0.1) is 0 Å². The third-order valence-electron chi connectivity index (χ3n) is 3.37. The summed E-state index contributed by atoms with van der Waals surface area (Å²) < 4.78 is 15.4. The number of benzene rings is 1. The SMILES string of the molecule is CCOC(=O)/C=C/C=C/C[C@H](OC)[C@@H](O)c1ccc(OCCO)cc1. The Morgan fingerprint density at radius 2 is 1.96 bits per heavy atom. The Kier molecular flexibility index (Phi) is 10.2. The molecule has 2 atom stereocenters. The van der Waals surface area contributed by atoms with Crippen molar-refractivity contribution in [2.24, 2.45) is 0 Å². The Balaban J connectivity index is 2.56. The van der Waals surface area contributed by atoms with E-state index in [0.29, 0.717) is 24.3 Å². The number of ether oxygens (including phenoxy) is 3. The molecule has 0 bridgehead atoms. The number of hydrogen-bond donors (Lipinski definition) is 2. The number of aliphatic hydroxyl groups is 2. The standard InChI is InChI=1S/C19H26O6/c1-3-24-18(21)8-6-4-5-7-17(23-2)19(22)15-9-11-16(12-10-15)25-14-13-20/h4-6,8-12,17,19-20,22H,3,7,13-14H2,1-2H3/b5-4+,8-6+/t17-,19-/m0/s1. The average molecular weight is 350 g/mol. The third-order valence-corrected chi connectivity index (χ3v) is 3.37. The van der Waals surface area contributed by atoms with Crippen LogP contribution in [-0.2, 0) is 14.3 Å². The number of carbonyl (C=O) groups is 1. The fourth-order valence-electron chi connectivity index (χ4n) is 2.11. The fraction of sp³-hybridized carbons (Fsp3) is 0.421. The number of methoxy groups -OCH3 is 1. The van der Waals surface area contributed by atoms with Crippen LogP contribution in [0.2, 0.25) is 0 Å². The van der Waals surface area contributed by atoms with E-state index in [9.17, 15) is 9.90 Å². The summed E-state index contributed by atoms with van der Waals surface area (Å²) in [5, 5.41) is 19.2. The first-order valence-electron chi connectivity index (χ1n) is 8.16. The van der Waals surface area contributed by atoms with Crippen LogP contribution < -0.4 is 4.74 Å². The van der Waals surface area contributed by atoms with Gasteiger partial charge < -0.3 is 24.4 Å². The molecule has 0 spiro atoms. The van der Waals surface area contributed by atoms with E-state index in [1.54, 1.807) is 43.3 Å². The van der Waals surface area contributed by atoms with Crippen LogP contribution in [0.3, 0.4) is 0 Å². The summed E-state index contributed by atoms with van der Waals surface area (Å²) >= 11 is 0. The molecule has 0 saturated carbocycles. The Morgan fingerprint density at radius 1 is 1.24 bits per heavy atom. The molecule has 2 N–H and O–H groups in total. The molecule has 0 saturated heterocycles. The van der Waals surface area contributed by atoms with Crippen molar-refractivity contribution in [3.05, 3.63) is 54.1 Å². The average Bonchev–Trinajstić information content (AvgIpc) is 2.63. The Hall–Kier alpha value is -2.15. The van der Waals surface area contributed by atoms with Gasteiger partial charge >= 0.3 is 5.97 Å². The van der Waals surface area contributed by atoms with E-state index in [4.69, 9.17) is 19.3 Å². The fourth-order valence-corrected chi connectivity index (χ4v) is 2.11. The smallest absolute Gasteiger partial charge is 0.330 e. The van der Waals surface area contributed by atoms with Crippen molar-refractivity contribution in [3.8, 4) is 5.75 Å². The molecule has 6 nitrogen and oxygen atoms in total. The number of allylic oxidation sites excluding steroid dienone is 2. The lowest BCUT2D eigenvalue weighted by atomic mass is 10.0. The first kappa shape index (κ1) is 20.9. The van der Waals surface area contributed by atoms with Gasteiger partial charge in [0.2, 0.25) is 0 Å². The quantitative estimate of drug-likeness (QED) is 0.361. The van der Waals surface area contributed by atoms with Crippen LogP contribution in [0, 0.1) is 0 Å². The molecule has 0 fully saturated rings. The van der Waals surface area contributed by atoms with Gasteiger partial charge in [0.25, 0.3) is 0 Å². The molecular formula is C19H26O6. The lowest BCUT2D eigenvalue weighted by Crippen LogP contribution is -2.20. The normalized spacial score (nSPS) is 13.9. The molecule has 0 radical (unpaired) electrons. The second kappa shape index (κ2) is 12.2. The minimum absolute atomic E-state index is 0.0485. The molecule has 25 heavy (non-hydrogen) atoms. The van der Waals surface area contributed by atoms with Crippen LogP contribution in [0.1, 0.15) is 25.0 Å². The minimum Gasteiger partial charge on any atom is -0.491 e. The first-order chi connectivity index (χ1) is 12.1. The predicted molar refractivity (Wildman–Crippen MR) is 94.3 cm³/mol. The zero-order chi connectivity index (χ0) is 18.5. The van der Waals surface area contributed by atoms with E-state index in [2.05, 4.69) is 0 Å². The number of esters is 1. The maximum atomic E-state index is 11.2. The molecular weight excluding hydrogens is 324 g/mol. The molecule has 0 heterocycles. The molecule has 138 valence electrons. The van der Waals surface area contributed by atoms with Crippen molar-refractivity contribution >= 4 is 5.97 Å². The minimum atomic E-state index is -0.796. The zero-order valence-electron chi connectivity index (χ0n) is 14.6. The molecule has 0 amide bonds. The summed E-state index contributed by atoms with van der Waals surface area (Å²) in [4.78, 5) is 11.2. The Morgan fingerprint density at radius 3 is 2.56 bits per heavy atom. The van der Waals surface area contributed by atoms with Crippen molar-refractivity contribution < 1.29 is 29.2 Å². The highest BCUT2D eigenvalue weighted by Gasteiger charge is 2.19. The Labute approximate surface area is 148 Å². The summed E-state index contributed by atoms with van der Waals surface area (Å²) in [6.45, 7) is 2.27. The maximum Gasteiger partial charge on any atom is 0.330 e. The predicted octanol–water partition coefficient (Wildman–Crippen LogP) is 2.17. The Bertz CT molecular complexity index is 550. The zero-order valence-corrected chi connectivity index (χ0v) is 14.6. The van der Waals surface area contributed by atoms with Crippen LogP contribution >= 0.6 is 0 Å². The molecule has 0 aliphatic heterocycles. The van der Waals surface area contributed by atoms with Gasteiger partial charge in [-0.3, -0.25) is 0 Å². The van der Waals surface area contributed by atoms with Crippen molar-refractivity contribution in [1.82, 2.24) is 0 Å². The van der Waals surface area contributed by atoms with Gasteiger partial charge in [-0.05, 0) is 31.0 Å². The molecule has 1 aromatic carbocycles. The molecule has 1 aromatic rings. The van der Waals surface area contributed by atoms with Crippen LogP contribution in [0.25, 0.3) is 0 Å². The van der Waals surface area contributed by atoms with Crippen LogP contribution in [-0.4, -0.2) is 49.2 Å². The number of rotatable bonds is 11. The summed E-state index contributed by atoms with van der Waals surface area (Å²) in [5.41, 5.74) is 0.707. The monoisotopic (exact) mass is 350 g/mol. The maximum absolute atomic E-state index is 11.2. The van der Waals surface area contributed by atoms with Gasteiger partial charge in [-0.25, -0.2) is 4.79 Å². The van der Waals surface area contributed by atoms with Crippen molar-refractivity contribution in [1.29, 1.82) is 0 Å². The van der Waals surface area contributed by atoms with Crippen LogP contribution in [0.5, 0.6) is 5.75 Å². The molecule has 0 aliphatic carbocycles. The van der Waals surface area contributed by atoms with Crippen LogP contribution in [0.4, 0.5) is 0 Å². The van der Waals surface area contributed by atoms with Crippen molar-refractivity contribution in [2.75, 3.05) is 26.9 Å². The molecule has 0 aliphatic rings. The van der Waals surface area contributed by atoms with Gasteiger partial charge in [-0.1, -0.05) is 30.4 Å². The highest BCUT2D eigenvalue weighted by atomic mass is 16.5. The topological polar surface area (TPSA) is 85.2 Å². The van der Waals surface area contributed by atoms with Gasteiger partial charge in [0.05, 0.1) is 19.3 Å². The summed E-state index contributed by atoms with van der Waals surface area (Å²) in [7, 11) is 1.54. The number of hydrogen-bond acceptors (Lipinski definition) is 6. The largest absolute Gasteiger partial charge is 0.491 e. The van der Waals surface area contributed by atoms with Crippen molar-refractivity contribution in [3.63, 3.8) is 0 Å². The lowest BCUT2D eigenvalue weighted by Gasteiger charge is -2.21. The van der Waals surface area contributed by atoms with Crippen LogP contribution in [0.15, 0.2) is 48.6 Å². The van der Waals surface area contributed by atoms with Gasteiger partial charge in [-0.2, -0.15) is 0 Å². The molecule has 1 rings (SSSR count).